The van der Waals surface area contributed by atoms with Gasteiger partial charge in [-0.3, -0.25) is 4.79 Å². The number of fused-ring (bicyclic) bond motifs is 1. The maximum Gasteiger partial charge on any atom is 0.250 e. The van der Waals surface area contributed by atoms with Gasteiger partial charge < -0.3 is 9.30 Å². The van der Waals surface area contributed by atoms with Crippen molar-refractivity contribution in [3.63, 3.8) is 0 Å². The van der Waals surface area contributed by atoms with Gasteiger partial charge >= 0.3 is 0 Å². The Labute approximate surface area is 216 Å². The minimum atomic E-state index is -0.225. The third kappa shape index (κ3) is 5.60. The van der Waals surface area contributed by atoms with Crippen LogP contribution < -0.4 is 10.2 Å². The number of ether oxygens (including phenoxy) is 1. The van der Waals surface area contributed by atoms with Gasteiger partial charge in [0.25, 0.3) is 5.91 Å². The third-order valence-electron chi connectivity index (χ3n) is 5.91. The Kier molecular flexibility index (Phi) is 7.74. The van der Waals surface area contributed by atoms with Crippen molar-refractivity contribution < 1.29 is 9.53 Å². The molecule has 0 fully saturated rings. The van der Waals surface area contributed by atoms with Crippen LogP contribution in [0.4, 0.5) is 0 Å². The van der Waals surface area contributed by atoms with Crippen LogP contribution in [0.25, 0.3) is 22.2 Å². The molecule has 1 N–H and O–H groups in total. The molecule has 0 radical (unpaired) electrons. The Bertz CT molecular complexity index is 1390. The van der Waals surface area contributed by atoms with Crippen molar-refractivity contribution >= 4 is 34.7 Å². The highest BCUT2D eigenvalue weighted by Gasteiger charge is 2.17. The molecule has 3 aromatic carbocycles. The number of hydrogen-bond acceptors (Lipinski definition) is 6. The zero-order valence-electron chi connectivity index (χ0n) is 21.3. The Hall–Kier alpha value is -3.65. The molecule has 36 heavy (non-hydrogen) atoms. The van der Waals surface area contributed by atoms with Gasteiger partial charge in [-0.2, -0.15) is 5.10 Å². The molecular weight excluding hydrogens is 470 g/mol. The van der Waals surface area contributed by atoms with Crippen molar-refractivity contribution in [1.82, 2.24) is 20.2 Å². The summed E-state index contributed by atoms with van der Waals surface area (Å²) in [5.74, 6) is 1.43. The molecule has 0 bridgehead atoms. The van der Waals surface area contributed by atoms with E-state index in [2.05, 4.69) is 65.8 Å². The monoisotopic (exact) mass is 501 g/mol. The summed E-state index contributed by atoms with van der Waals surface area (Å²) in [6.45, 7) is 9.32. The number of methoxy groups -OCH3 is 1. The summed E-state index contributed by atoms with van der Waals surface area (Å²) in [6, 6.07) is 20.3. The first-order valence-electron chi connectivity index (χ1n) is 11.9. The molecule has 0 atom stereocenters. The van der Waals surface area contributed by atoms with Gasteiger partial charge in [-0.15, -0.1) is 10.2 Å². The maximum absolute atomic E-state index is 12.5. The van der Waals surface area contributed by atoms with E-state index in [1.807, 2.05) is 47.9 Å². The third-order valence-corrected chi connectivity index (χ3v) is 6.87. The van der Waals surface area contributed by atoms with Gasteiger partial charge in [0.15, 0.2) is 11.0 Å². The predicted octanol–water partition coefficient (Wildman–Crippen LogP) is 5.67. The summed E-state index contributed by atoms with van der Waals surface area (Å²) in [7, 11) is 1.62. The fraction of sp³-hybridized carbons (Fsp3) is 0.286. The summed E-state index contributed by atoms with van der Waals surface area (Å²) in [6.07, 6.45) is 1.62. The van der Waals surface area contributed by atoms with E-state index < -0.39 is 0 Å². The van der Waals surface area contributed by atoms with Crippen molar-refractivity contribution in [3.05, 3.63) is 71.8 Å². The number of thioether (sulfide) groups is 1. The molecule has 1 heterocycles. The number of nitrogens with one attached hydrogen (secondary N) is 1. The van der Waals surface area contributed by atoms with Crippen LogP contribution in [0.15, 0.2) is 70.9 Å². The van der Waals surface area contributed by atoms with E-state index in [9.17, 15) is 4.79 Å². The lowest BCUT2D eigenvalue weighted by atomic mass is 9.87. The van der Waals surface area contributed by atoms with Gasteiger partial charge in [-0.1, -0.05) is 87.1 Å². The second-order valence-corrected chi connectivity index (χ2v) is 10.3. The molecule has 4 rings (SSSR count). The van der Waals surface area contributed by atoms with E-state index in [0.29, 0.717) is 17.5 Å². The minimum absolute atomic E-state index is 0.0898. The molecule has 0 unspecified atom stereocenters. The van der Waals surface area contributed by atoms with E-state index in [1.165, 1.54) is 17.3 Å². The summed E-state index contributed by atoms with van der Waals surface area (Å²) in [5.41, 5.74) is 5.78. The van der Waals surface area contributed by atoms with Crippen molar-refractivity contribution in [1.29, 1.82) is 0 Å². The van der Waals surface area contributed by atoms with E-state index in [0.717, 1.165) is 27.7 Å². The number of carbonyl (C=O) groups is 1. The lowest BCUT2D eigenvalue weighted by molar-refractivity contribution is -0.118. The highest BCUT2D eigenvalue weighted by molar-refractivity contribution is 7.99. The molecule has 4 aromatic rings. The van der Waals surface area contributed by atoms with E-state index in [4.69, 9.17) is 4.74 Å². The molecular formula is C28H31N5O2S. The van der Waals surface area contributed by atoms with Gasteiger partial charge in [0, 0.05) is 17.7 Å². The quantitative estimate of drug-likeness (QED) is 0.191. The zero-order valence-corrected chi connectivity index (χ0v) is 22.1. The van der Waals surface area contributed by atoms with Crippen LogP contribution in [-0.4, -0.2) is 39.7 Å². The first kappa shape index (κ1) is 25.4. The standard InChI is InChI=1S/C28H31N5O2S/c1-6-33-26(20-11-14-21(15-12-20)28(2,3)4)31-32-27(33)36-18-25(34)30-29-17-23-22-10-8-7-9-19(22)13-16-24(23)35-5/h7-17H,6,18H2,1-5H3,(H,30,34). The highest BCUT2D eigenvalue weighted by atomic mass is 32.2. The maximum atomic E-state index is 12.5. The lowest BCUT2D eigenvalue weighted by Crippen LogP contribution is -2.20. The summed E-state index contributed by atoms with van der Waals surface area (Å²) < 4.78 is 7.50. The Morgan fingerprint density at radius 3 is 2.53 bits per heavy atom. The number of amides is 1. The molecule has 0 saturated heterocycles. The first-order chi connectivity index (χ1) is 17.3. The first-order valence-corrected chi connectivity index (χ1v) is 12.8. The van der Waals surface area contributed by atoms with Crippen LogP contribution in [0, 0.1) is 0 Å². The number of rotatable bonds is 8. The molecule has 1 aromatic heterocycles. The average Bonchev–Trinajstić information content (AvgIpc) is 3.30. The number of hydrogen-bond donors (Lipinski definition) is 1. The largest absolute Gasteiger partial charge is 0.496 e. The van der Waals surface area contributed by atoms with E-state index in [1.54, 1.807) is 13.3 Å². The smallest absolute Gasteiger partial charge is 0.250 e. The Morgan fingerprint density at radius 1 is 1.08 bits per heavy atom. The number of nitrogens with zero attached hydrogens (tertiary/aromatic N) is 4. The topological polar surface area (TPSA) is 81.4 Å². The Balaban J connectivity index is 1.42. The Morgan fingerprint density at radius 2 is 1.83 bits per heavy atom. The van der Waals surface area contributed by atoms with E-state index in [-0.39, 0.29) is 17.1 Å². The van der Waals surface area contributed by atoms with Crippen molar-refractivity contribution in [2.75, 3.05) is 12.9 Å². The van der Waals surface area contributed by atoms with Crippen LogP contribution in [0.3, 0.4) is 0 Å². The van der Waals surface area contributed by atoms with Crippen LogP contribution in [0.5, 0.6) is 5.75 Å². The number of carbonyl (C=O) groups excluding carboxylic acids is 1. The lowest BCUT2D eigenvalue weighted by Gasteiger charge is -2.19. The van der Waals surface area contributed by atoms with Crippen molar-refractivity contribution in [3.8, 4) is 17.1 Å². The van der Waals surface area contributed by atoms with Gasteiger partial charge in [0.1, 0.15) is 5.75 Å². The van der Waals surface area contributed by atoms with Crippen LogP contribution >= 0.6 is 11.8 Å². The zero-order chi connectivity index (χ0) is 25.7. The van der Waals surface area contributed by atoms with Crippen LogP contribution in [0.1, 0.15) is 38.8 Å². The molecule has 7 nitrogen and oxygen atoms in total. The van der Waals surface area contributed by atoms with Gasteiger partial charge in [-0.25, -0.2) is 5.43 Å². The molecule has 0 aliphatic carbocycles. The molecule has 8 heteroatoms. The van der Waals surface area contributed by atoms with Crippen LogP contribution in [-0.2, 0) is 16.8 Å². The molecule has 0 aliphatic heterocycles. The predicted molar refractivity (Wildman–Crippen MR) is 147 cm³/mol. The van der Waals surface area contributed by atoms with Gasteiger partial charge in [0.2, 0.25) is 0 Å². The number of benzene rings is 3. The molecule has 0 saturated carbocycles. The van der Waals surface area contributed by atoms with Crippen LogP contribution in [0.2, 0.25) is 0 Å². The molecule has 186 valence electrons. The number of hydrazone groups is 1. The second kappa shape index (κ2) is 11.0. The minimum Gasteiger partial charge on any atom is -0.496 e. The summed E-state index contributed by atoms with van der Waals surface area (Å²) >= 11 is 1.34. The SMILES string of the molecule is CCn1c(SCC(=O)NN=Cc2c(OC)ccc3ccccc23)nnc1-c1ccc(C(C)(C)C)cc1. The van der Waals surface area contributed by atoms with Gasteiger partial charge in [0.05, 0.1) is 19.1 Å². The molecule has 0 aliphatic rings. The second-order valence-electron chi connectivity index (χ2n) is 9.36. The van der Waals surface area contributed by atoms with E-state index >= 15 is 0 Å². The fourth-order valence-corrected chi connectivity index (χ4v) is 4.73. The molecule has 1 amide bonds. The number of aromatic nitrogens is 3. The van der Waals surface area contributed by atoms with Crippen molar-refractivity contribution in [2.24, 2.45) is 5.10 Å². The van der Waals surface area contributed by atoms with Gasteiger partial charge in [-0.05, 0) is 34.7 Å². The fourth-order valence-electron chi connectivity index (χ4n) is 3.93. The van der Waals surface area contributed by atoms with Crippen molar-refractivity contribution in [2.45, 2.75) is 44.8 Å². The molecule has 0 spiro atoms. The summed E-state index contributed by atoms with van der Waals surface area (Å²) in [5, 5.41) is 15.7. The normalized spacial score (nSPS) is 11.8. The highest BCUT2D eigenvalue weighted by Crippen LogP contribution is 2.28. The summed E-state index contributed by atoms with van der Waals surface area (Å²) in [4.78, 5) is 12.5. The average molecular weight is 502 g/mol.